The van der Waals surface area contributed by atoms with Crippen molar-refractivity contribution < 1.29 is 14.3 Å². The largest absolute Gasteiger partial charge is 0.497 e. The van der Waals surface area contributed by atoms with Gasteiger partial charge in [0.25, 0.3) is 5.91 Å². The molecule has 1 atom stereocenters. The van der Waals surface area contributed by atoms with E-state index < -0.39 is 0 Å². The molecule has 26 heavy (non-hydrogen) atoms. The fourth-order valence-electron chi connectivity index (χ4n) is 3.26. The highest BCUT2D eigenvalue weighted by Gasteiger charge is 2.26. The lowest BCUT2D eigenvalue weighted by atomic mass is 10.0. The molecule has 1 aliphatic rings. The van der Waals surface area contributed by atoms with E-state index in [1.807, 2.05) is 35.2 Å². The van der Waals surface area contributed by atoms with E-state index in [1.165, 1.54) is 0 Å². The third kappa shape index (κ3) is 3.26. The number of amides is 1. The zero-order valence-electron chi connectivity index (χ0n) is 14.6. The Morgan fingerprint density at radius 2 is 2.00 bits per heavy atom. The maximum Gasteiger partial charge on any atom is 0.272 e. The van der Waals surface area contributed by atoms with E-state index in [1.54, 1.807) is 19.4 Å². The average molecular weight is 348 g/mol. The second-order valence-corrected chi connectivity index (χ2v) is 6.30. The number of hydrogen-bond donors (Lipinski definition) is 0. The Labute approximate surface area is 152 Å². The number of aromatic nitrogens is 1. The van der Waals surface area contributed by atoms with Crippen LogP contribution in [0.15, 0.2) is 60.8 Å². The van der Waals surface area contributed by atoms with E-state index in [0.717, 1.165) is 22.1 Å². The molecule has 5 heteroatoms. The van der Waals surface area contributed by atoms with Crippen molar-refractivity contribution >= 4 is 16.7 Å². The van der Waals surface area contributed by atoms with Crippen molar-refractivity contribution in [2.45, 2.75) is 6.10 Å². The summed E-state index contributed by atoms with van der Waals surface area (Å²) in [6.45, 7) is 1.62. The predicted molar refractivity (Wildman–Crippen MR) is 99.3 cm³/mol. The van der Waals surface area contributed by atoms with Gasteiger partial charge in [0.1, 0.15) is 17.5 Å². The molecule has 0 saturated carbocycles. The lowest BCUT2D eigenvalue weighted by Gasteiger charge is -2.33. The number of hydrogen-bond acceptors (Lipinski definition) is 4. The Morgan fingerprint density at radius 3 is 2.81 bits per heavy atom. The maximum atomic E-state index is 12.7. The minimum Gasteiger partial charge on any atom is -0.497 e. The Balaban J connectivity index is 1.56. The normalized spacial score (nSPS) is 17.3. The molecule has 0 spiro atoms. The smallest absolute Gasteiger partial charge is 0.272 e. The van der Waals surface area contributed by atoms with Gasteiger partial charge in [0.05, 0.1) is 20.3 Å². The average Bonchev–Trinajstić information content (AvgIpc) is 2.73. The van der Waals surface area contributed by atoms with Crippen molar-refractivity contribution in [3.8, 4) is 5.75 Å². The van der Waals surface area contributed by atoms with Gasteiger partial charge in [0.2, 0.25) is 0 Å². The first-order valence-electron chi connectivity index (χ1n) is 8.64. The number of fused-ring (bicyclic) bond motifs is 1. The molecule has 1 saturated heterocycles. The molecular formula is C21H20N2O3. The van der Waals surface area contributed by atoms with Crippen LogP contribution < -0.4 is 4.74 Å². The summed E-state index contributed by atoms with van der Waals surface area (Å²) in [5, 5.41) is 2.24. The minimum atomic E-state index is -0.136. The monoisotopic (exact) mass is 348 g/mol. The van der Waals surface area contributed by atoms with Crippen LogP contribution in [0.3, 0.4) is 0 Å². The molecule has 1 aromatic heterocycles. The molecule has 3 aromatic rings. The van der Waals surface area contributed by atoms with Gasteiger partial charge < -0.3 is 14.4 Å². The van der Waals surface area contributed by atoms with Gasteiger partial charge in [-0.15, -0.1) is 0 Å². The van der Waals surface area contributed by atoms with E-state index >= 15 is 0 Å². The lowest BCUT2D eigenvalue weighted by molar-refractivity contribution is -0.0229. The van der Waals surface area contributed by atoms with E-state index in [4.69, 9.17) is 9.47 Å². The molecule has 1 fully saturated rings. The van der Waals surface area contributed by atoms with Crippen LogP contribution in [0.4, 0.5) is 0 Å². The summed E-state index contributed by atoms with van der Waals surface area (Å²) in [5.41, 5.74) is 1.54. The van der Waals surface area contributed by atoms with Crippen LogP contribution >= 0.6 is 0 Å². The molecule has 0 bridgehead atoms. The molecule has 1 amide bonds. The number of carbonyl (C=O) groups excluding carboxylic acids is 1. The van der Waals surface area contributed by atoms with Crippen LogP contribution in [0.5, 0.6) is 5.75 Å². The van der Waals surface area contributed by atoms with Gasteiger partial charge in [-0.1, -0.05) is 24.3 Å². The molecule has 0 N–H and O–H groups in total. The lowest BCUT2D eigenvalue weighted by Crippen LogP contribution is -2.42. The van der Waals surface area contributed by atoms with Crippen LogP contribution in [0.25, 0.3) is 10.8 Å². The Kier molecular flexibility index (Phi) is 4.54. The highest BCUT2D eigenvalue weighted by Crippen LogP contribution is 2.28. The molecule has 2 aromatic carbocycles. The van der Waals surface area contributed by atoms with Gasteiger partial charge in [-0.2, -0.15) is 0 Å². The van der Waals surface area contributed by atoms with Gasteiger partial charge >= 0.3 is 0 Å². The van der Waals surface area contributed by atoms with Crippen LogP contribution in [0.1, 0.15) is 22.2 Å². The fourth-order valence-corrected chi connectivity index (χ4v) is 3.26. The topological polar surface area (TPSA) is 51.7 Å². The SMILES string of the molecule is COc1ccc2cc(C3CN(C(=O)c4ccccn4)CCO3)ccc2c1. The van der Waals surface area contributed by atoms with Crippen molar-refractivity contribution in [3.63, 3.8) is 0 Å². The maximum absolute atomic E-state index is 12.7. The number of pyridine rings is 1. The first kappa shape index (κ1) is 16.5. The summed E-state index contributed by atoms with van der Waals surface area (Å²) in [6.07, 6.45) is 1.51. The van der Waals surface area contributed by atoms with Crippen LogP contribution in [-0.2, 0) is 4.74 Å². The third-order valence-corrected chi connectivity index (χ3v) is 4.68. The summed E-state index contributed by atoms with van der Waals surface area (Å²) in [5.74, 6) is 0.788. The summed E-state index contributed by atoms with van der Waals surface area (Å²) in [4.78, 5) is 18.6. The molecular weight excluding hydrogens is 328 g/mol. The van der Waals surface area contributed by atoms with Gasteiger partial charge in [-0.05, 0) is 46.7 Å². The standard InChI is InChI=1S/C21H20N2O3/c1-25-18-8-7-15-12-17(6-5-16(15)13-18)20-14-23(10-11-26-20)21(24)19-4-2-3-9-22-19/h2-9,12-13,20H,10-11,14H2,1H3. The first-order valence-corrected chi connectivity index (χ1v) is 8.64. The number of morpholine rings is 1. The van der Waals surface area contributed by atoms with Gasteiger partial charge in [0.15, 0.2) is 0 Å². The zero-order chi connectivity index (χ0) is 17.9. The highest BCUT2D eigenvalue weighted by molar-refractivity contribution is 5.92. The molecule has 0 aliphatic carbocycles. The molecule has 1 unspecified atom stereocenters. The van der Waals surface area contributed by atoms with Gasteiger partial charge in [-0.3, -0.25) is 9.78 Å². The first-order chi connectivity index (χ1) is 12.7. The van der Waals surface area contributed by atoms with E-state index in [9.17, 15) is 4.79 Å². The highest BCUT2D eigenvalue weighted by atomic mass is 16.5. The summed E-state index contributed by atoms with van der Waals surface area (Å²) in [7, 11) is 1.67. The second kappa shape index (κ2) is 7.14. The summed E-state index contributed by atoms with van der Waals surface area (Å²) >= 11 is 0. The van der Waals surface area contributed by atoms with Crippen molar-refractivity contribution in [2.75, 3.05) is 26.8 Å². The van der Waals surface area contributed by atoms with Crippen molar-refractivity contribution in [1.29, 1.82) is 0 Å². The minimum absolute atomic E-state index is 0.0515. The van der Waals surface area contributed by atoms with E-state index in [-0.39, 0.29) is 12.0 Å². The Hall–Kier alpha value is -2.92. The molecule has 2 heterocycles. The Morgan fingerprint density at radius 1 is 1.15 bits per heavy atom. The van der Waals surface area contributed by atoms with E-state index in [2.05, 4.69) is 23.2 Å². The predicted octanol–water partition coefficient (Wildman–Crippen LogP) is 3.46. The molecule has 132 valence electrons. The number of nitrogens with zero attached hydrogens (tertiary/aromatic N) is 2. The zero-order valence-corrected chi connectivity index (χ0v) is 14.6. The molecule has 5 nitrogen and oxygen atoms in total. The molecule has 4 rings (SSSR count). The van der Waals surface area contributed by atoms with Crippen LogP contribution in [-0.4, -0.2) is 42.6 Å². The van der Waals surface area contributed by atoms with Crippen molar-refractivity contribution in [1.82, 2.24) is 9.88 Å². The second-order valence-electron chi connectivity index (χ2n) is 6.30. The van der Waals surface area contributed by atoms with Crippen molar-refractivity contribution in [3.05, 3.63) is 72.1 Å². The van der Waals surface area contributed by atoms with Crippen molar-refractivity contribution in [2.24, 2.45) is 0 Å². The number of carbonyl (C=O) groups is 1. The molecule has 0 radical (unpaired) electrons. The summed E-state index contributed by atoms with van der Waals surface area (Å²) < 4.78 is 11.2. The fraction of sp³-hybridized carbons (Fsp3) is 0.238. The number of benzene rings is 2. The van der Waals surface area contributed by atoms with Crippen LogP contribution in [0.2, 0.25) is 0 Å². The number of rotatable bonds is 3. The quantitative estimate of drug-likeness (QED) is 0.727. The molecule has 1 aliphatic heterocycles. The van der Waals surface area contributed by atoms with Crippen LogP contribution in [0, 0.1) is 0 Å². The van der Waals surface area contributed by atoms with Gasteiger partial charge in [-0.25, -0.2) is 0 Å². The van der Waals surface area contributed by atoms with E-state index in [0.29, 0.717) is 25.4 Å². The summed E-state index contributed by atoms with van der Waals surface area (Å²) in [6, 6.07) is 17.6. The Bertz CT molecular complexity index is 927. The van der Waals surface area contributed by atoms with Gasteiger partial charge in [0, 0.05) is 12.7 Å². The number of ether oxygens (including phenoxy) is 2. The third-order valence-electron chi connectivity index (χ3n) is 4.68. The number of methoxy groups -OCH3 is 1.